The lowest BCUT2D eigenvalue weighted by atomic mass is 9.60. The van der Waals surface area contributed by atoms with Gasteiger partial charge < -0.3 is 0 Å². The molecule has 3 unspecified atom stereocenters. The summed E-state index contributed by atoms with van der Waals surface area (Å²) < 4.78 is 0. The van der Waals surface area contributed by atoms with Crippen molar-refractivity contribution in [2.24, 2.45) is 17.3 Å². The molecule has 0 radical (unpaired) electrons. The zero-order valence-electron chi connectivity index (χ0n) is 10.3. The van der Waals surface area contributed by atoms with Crippen molar-refractivity contribution in [2.75, 3.05) is 0 Å². The summed E-state index contributed by atoms with van der Waals surface area (Å²) in [6, 6.07) is 0. The Morgan fingerprint density at radius 3 is 3.12 bits per heavy atom. The van der Waals surface area contributed by atoms with E-state index < -0.39 is 0 Å². The Morgan fingerprint density at radius 2 is 2.35 bits per heavy atom. The van der Waals surface area contributed by atoms with Crippen molar-refractivity contribution in [1.29, 1.82) is 0 Å². The van der Waals surface area contributed by atoms with Crippen molar-refractivity contribution >= 4 is 5.78 Å². The maximum atomic E-state index is 12.1. The molecule has 1 spiro atoms. The van der Waals surface area contributed by atoms with Gasteiger partial charge in [-0.05, 0) is 38.2 Å². The summed E-state index contributed by atoms with van der Waals surface area (Å²) in [6.07, 6.45) is 13.7. The molecule has 3 aliphatic rings. The van der Waals surface area contributed by atoms with Gasteiger partial charge in [0.1, 0.15) is 0 Å². The van der Waals surface area contributed by atoms with E-state index in [0.717, 1.165) is 19.3 Å². The molecular formula is C16H18O. The highest BCUT2D eigenvalue weighted by atomic mass is 16.1. The van der Waals surface area contributed by atoms with E-state index in [2.05, 4.69) is 31.7 Å². The Balaban J connectivity index is 2.17. The van der Waals surface area contributed by atoms with Gasteiger partial charge in [-0.15, -0.1) is 6.58 Å². The number of hydrogen-bond acceptors (Lipinski definition) is 1. The van der Waals surface area contributed by atoms with Crippen LogP contribution < -0.4 is 0 Å². The molecule has 0 N–H and O–H groups in total. The first-order chi connectivity index (χ1) is 8.18. The van der Waals surface area contributed by atoms with E-state index in [9.17, 15) is 4.79 Å². The van der Waals surface area contributed by atoms with Gasteiger partial charge in [-0.2, -0.15) is 0 Å². The van der Waals surface area contributed by atoms with Gasteiger partial charge in [-0.25, -0.2) is 0 Å². The lowest BCUT2D eigenvalue weighted by Gasteiger charge is -2.42. The summed E-state index contributed by atoms with van der Waals surface area (Å²) in [5, 5.41) is 0. The molecular weight excluding hydrogens is 208 g/mol. The third-order valence-electron chi connectivity index (χ3n) is 4.62. The highest BCUT2D eigenvalue weighted by Gasteiger charge is 2.51. The molecule has 1 heteroatoms. The summed E-state index contributed by atoms with van der Waals surface area (Å²) in [6.45, 7) is 6.05. The Bertz CT molecular complexity index is 478. The first-order valence-electron chi connectivity index (χ1n) is 6.42. The molecule has 0 heterocycles. The van der Waals surface area contributed by atoms with Crippen LogP contribution in [0, 0.1) is 17.3 Å². The number of ketones is 1. The van der Waals surface area contributed by atoms with E-state index >= 15 is 0 Å². The van der Waals surface area contributed by atoms with Gasteiger partial charge in [-0.3, -0.25) is 4.79 Å². The average molecular weight is 226 g/mol. The quantitative estimate of drug-likeness (QED) is 0.624. The smallest absolute Gasteiger partial charge is 0.160 e. The normalized spacial score (nSPS) is 39.2. The van der Waals surface area contributed by atoms with Crippen LogP contribution in [0.25, 0.3) is 0 Å². The minimum absolute atomic E-state index is 0.0607. The van der Waals surface area contributed by atoms with Gasteiger partial charge in [0, 0.05) is 11.3 Å². The van der Waals surface area contributed by atoms with Crippen LogP contribution in [-0.4, -0.2) is 5.78 Å². The standard InChI is InChI=1S/C16H18O/c1-3-12-8-11(2)16-7-5-4-6-14(16)15(17)10-13(16)9-12/h3,5,7-8,10,12,14H,1,4,6,9H2,2H3. The zero-order chi connectivity index (χ0) is 12.0. The van der Waals surface area contributed by atoms with E-state index in [4.69, 9.17) is 0 Å². The number of allylic oxidation sites excluding steroid dienone is 7. The molecule has 0 aliphatic heterocycles. The fourth-order valence-electron chi connectivity index (χ4n) is 3.78. The maximum Gasteiger partial charge on any atom is 0.160 e. The molecule has 0 aromatic carbocycles. The number of hydrogen-bond donors (Lipinski definition) is 0. The lowest BCUT2D eigenvalue weighted by Crippen LogP contribution is -2.35. The van der Waals surface area contributed by atoms with Gasteiger partial charge in [0.25, 0.3) is 0 Å². The third-order valence-corrected chi connectivity index (χ3v) is 4.62. The summed E-state index contributed by atoms with van der Waals surface area (Å²) in [5.74, 6) is 0.903. The van der Waals surface area contributed by atoms with Gasteiger partial charge >= 0.3 is 0 Å². The second-order valence-electron chi connectivity index (χ2n) is 5.43. The molecule has 0 fully saturated rings. The molecule has 1 nitrogen and oxygen atoms in total. The van der Waals surface area contributed by atoms with Crippen molar-refractivity contribution < 1.29 is 4.79 Å². The van der Waals surface area contributed by atoms with E-state index in [-0.39, 0.29) is 11.3 Å². The molecule has 0 aromatic heterocycles. The van der Waals surface area contributed by atoms with Crippen LogP contribution >= 0.6 is 0 Å². The third kappa shape index (κ3) is 1.28. The molecule has 0 saturated heterocycles. The van der Waals surface area contributed by atoms with Crippen LogP contribution in [0.4, 0.5) is 0 Å². The second-order valence-corrected chi connectivity index (χ2v) is 5.43. The highest BCUT2D eigenvalue weighted by Crippen LogP contribution is 2.56. The van der Waals surface area contributed by atoms with Crippen LogP contribution in [0.15, 0.2) is 48.1 Å². The first kappa shape index (κ1) is 10.8. The van der Waals surface area contributed by atoms with Gasteiger partial charge in [0.05, 0.1) is 0 Å². The van der Waals surface area contributed by atoms with E-state index in [1.165, 1.54) is 11.1 Å². The molecule has 0 aromatic rings. The minimum atomic E-state index is -0.0607. The van der Waals surface area contributed by atoms with Crippen molar-refractivity contribution in [3.05, 3.63) is 48.1 Å². The van der Waals surface area contributed by atoms with Crippen molar-refractivity contribution in [2.45, 2.75) is 26.2 Å². The zero-order valence-corrected chi connectivity index (χ0v) is 10.3. The Labute approximate surface area is 103 Å². The van der Waals surface area contributed by atoms with Crippen molar-refractivity contribution in [1.82, 2.24) is 0 Å². The molecule has 17 heavy (non-hydrogen) atoms. The largest absolute Gasteiger partial charge is 0.294 e. The number of carbonyl (C=O) groups excluding carboxylic acids is 1. The van der Waals surface area contributed by atoms with E-state index in [1.54, 1.807) is 0 Å². The SMILES string of the molecule is C=CC1C=C(C)C23C=CCCC2C(=O)C=C3C1. The Morgan fingerprint density at radius 1 is 1.53 bits per heavy atom. The summed E-state index contributed by atoms with van der Waals surface area (Å²) in [5.41, 5.74) is 2.59. The molecule has 3 rings (SSSR count). The predicted molar refractivity (Wildman–Crippen MR) is 69.4 cm³/mol. The molecule has 3 aliphatic carbocycles. The van der Waals surface area contributed by atoms with Gasteiger partial charge in [0.15, 0.2) is 5.78 Å². The Hall–Kier alpha value is -1.37. The van der Waals surface area contributed by atoms with Crippen LogP contribution in [0.2, 0.25) is 0 Å². The van der Waals surface area contributed by atoms with Crippen LogP contribution in [-0.2, 0) is 4.79 Å². The van der Waals surface area contributed by atoms with Gasteiger partial charge in [-0.1, -0.05) is 35.5 Å². The van der Waals surface area contributed by atoms with Crippen molar-refractivity contribution in [3.8, 4) is 0 Å². The topological polar surface area (TPSA) is 17.1 Å². The maximum absolute atomic E-state index is 12.1. The average Bonchev–Trinajstić information content (AvgIpc) is 2.64. The molecule has 0 saturated carbocycles. The van der Waals surface area contributed by atoms with E-state index in [0.29, 0.717) is 11.7 Å². The highest BCUT2D eigenvalue weighted by molar-refractivity contribution is 5.98. The van der Waals surface area contributed by atoms with Crippen LogP contribution in [0.3, 0.4) is 0 Å². The minimum Gasteiger partial charge on any atom is -0.294 e. The summed E-state index contributed by atoms with van der Waals surface area (Å²) in [4.78, 5) is 12.1. The monoisotopic (exact) mass is 226 g/mol. The van der Waals surface area contributed by atoms with Crippen molar-refractivity contribution in [3.63, 3.8) is 0 Å². The van der Waals surface area contributed by atoms with E-state index in [1.807, 2.05) is 12.2 Å². The molecule has 88 valence electrons. The van der Waals surface area contributed by atoms with Gasteiger partial charge in [0.2, 0.25) is 0 Å². The number of carbonyl (C=O) groups is 1. The fourth-order valence-corrected chi connectivity index (χ4v) is 3.78. The predicted octanol–water partition coefficient (Wildman–Crippen LogP) is 3.60. The second kappa shape index (κ2) is 3.56. The van der Waals surface area contributed by atoms with Crippen LogP contribution in [0.1, 0.15) is 26.2 Å². The lowest BCUT2D eigenvalue weighted by molar-refractivity contribution is -0.119. The summed E-state index contributed by atoms with van der Waals surface area (Å²) in [7, 11) is 0. The Kier molecular flexibility index (Phi) is 2.25. The van der Waals surface area contributed by atoms with Crippen LogP contribution in [0.5, 0.6) is 0 Å². The molecule has 3 atom stereocenters. The fraction of sp³-hybridized carbons (Fsp3) is 0.438. The molecule has 0 bridgehead atoms. The summed E-state index contributed by atoms with van der Waals surface area (Å²) >= 11 is 0. The molecule has 0 amide bonds. The first-order valence-corrected chi connectivity index (χ1v) is 6.42. The number of rotatable bonds is 1.